The molecule has 0 aromatic rings. The molecule has 2 atom stereocenters. The number of nitrogens with two attached hydrogens (primary N) is 1. The van der Waals surface area contributed by atoms with E-state index in [-0.39, 0.29) is 44.1 Å². The van der Waals surface area contributed by atoms with E-state index in [1.165, 1.54) is 4.90 Å². The number of rotatable bonds is 3. The van der Waals surface area contributed by atoms with Gasteiger partial charge in [-0.05, 0) is 25.2 Å². The summed E-state index contributed by atoms with van der Waals surface area (Å²) in [6.07, 6.45) is 0.468. The minimum atomic E-state index is -2.64. The highest BCUT2D eigenvalue weighted by atomic mass is 19.3. The summed E-state index contributed by atoms with van der Waals surface area (Å²) in [4.78, 5) is 24.5. The number of aliphatic carboxylic acids is 1. The van der Waals surface area contributed by atoms with Gasteiger partial charge < -0.3 is 15.7 Å². The first kappa shape index (κ1) is 15.2. The van der Waals surface area contributed by atoms with Crippen LogP contribution in [0.4, 0.5) is 8.78 Å². The molecule has 1 aliphatic carbocycles. The highest BCUT2D eigenvalue weighted by Gasteiger charge is 2.40. The van der Waals surface area contributed by atoms with Crippen molar-refractivity contribution in [2.75, 3.05) is 13.1 Å². The average molecular weight is 290 g/mol. The molecule has 0 aromatic carbocycles. The largest absolute Gasteiger partial charge is 0.481 e. The van der Waals surface area contributed by atoms with E-state index in [9.17, 15) is 18.4 Å². The van der Waals surface area contributed by atoms with Crippen molar-refractivity contribution in [3.63, 3.8) is 0 Å². The monoisotopic (exact) mass is 290 g/mol. The second kappa shape index (κ2) is 5.63. The predicted octanol–water partition coefficient (Wildman–Crippen LogP) is 1.07. The Morgan fingerprint density at radius 2 is 1.85 bits per heavy atom. The lowest BCUT2D eigenvalue weighted by Crippen LogP contribution is -2.48. The molecule has 0 aromatic heterocycles. The minimum Gasteiger partial charge on any atom is -0.481 e. The molecule has 1 aliphatic heterocycles. The number of hydrogen-bond donors (Lipinski definition) is 2. The summed E-state index contributed by atoms with van der Waals surface area (Å²) in [7, 11) is 0. The first-order valence-electron chi connectivity index (χ1n) is 6.95. The molecule has 20 heavy (non-hydrogen) atoms. The molecule has 5 nitrogen and oxygen atoms in total. The van der Waals surface area contributed by atoms with Crippen LogP contribution in [-0.2, 0) is 9.59 Å². The lowest BCUT2D eigenvalue weighted by atomic mass is 9.82. The molecule has 0 spiro atoms. The molecule has 0 bridgehead atoms. The summed E-state index contributed by atoms with van der Waals surface area (Å²) in [5.74, 6) is -4.62. The Kier molecular flexibility index (Phi) is 4.27. The van der Waals surface area contributed by atoms with Crippen LogP contribution in [0.5, 0.6) is 0 Å². The van der Waals surface area contributed by atoms with Gasteiger partial charge in [0.05, 0.1) is 12.0 Å². The molecule has 2 unspecified atom stereocenters. The van der Waals surface area contributed by atoms with E-state index in [0.717, 1.165) is 0 Å². The Labute approximate surface area is 116 Å². The molecule has 1 saturated heterocycles. The zero-order chi connectivity index (χ0) is 14.9. The average Bonchev–Trinajstić information content (AvgIpc) is 2.86. The number of carbonyl (C=O) groups excluding carboxylic acids is 1. The first-order chi connectivity index (χ1) is 9.30. The third-order valence-electron chi connectivity index (χ3n) is 4.40. The van der Waals surface area contributed by atoms with Gasteiger partial charge in [-0.2, -0.15) is 0 Å². The maximum atomic E-state index is 13.1. The van der Waals surface area contributed by atoms with Crippen molar-refractivity contribution >= 4 is 11.9 Å². The molecule has 2 rings (SSSR count). The number of nitrogens with zero attached hydrogens (tertiary/aromatic N) is 1. The van der Waals surface area contributed by atoms with Crippen LogP contribution >= 0.6 is 0 Å². The molecule has 114 valence electrons. The van der Waals surface area contributed by atoms with Crippen LogP contribution in [0.15, 0.2) is 0 Å². The second-order valence-electron chi connectivity index (χ2n) is 5.83. The molecule has 1 saturated carbocycles. The topological polar surface area (TPSA) is 83.6 Å². The van der Waals surface area contributed by atoms with E-state index in [1.807, 2.05) is 0 Å². The van der Waals surface area contributed by atoms with E-state index < -0.39 is 23.9 Å². The fourth-order valence-corrected chi connectivity index (χ4v) is 3.00. The zero-order valence-corrected chi connectivity index (χ0v) is 11.2. The van der Waals surface area contributed by atoms with Crippen LogP contribution in [0.1, 0.15) is 32.1 Å². The number of amides is 1. The van der Waals surface area contributed by atoms with Crippen molar-refractivity contribution in [2.45, 2.75) is 44.1 Å². The minimum absolute atomic E-state index is 0.171. The predicted molar refractivity (Wildman–Crippen MR) is 67.2 cm³/mol. The number of carboxylic acids is 1. The number of alkyl halides is 2. The fourth-order valence-electron chi connectivity index (χ4n) is 3.00. The van der Waals surface area contributed by atoms with Crippen molar-refractivity contribution in [1.29, 1.82) is 0 Å². The quantitative estimate of drug-likeness (QED) is 0.814. The summed E-state index contributed by atoms with van der Waals surface area (Å²) in [6.45, 7) is 0.553. The lowest BCUT2D eigenvalue weighted by molar-refractivity contribution is -0.141. The van der Waals surface area contributed by atoms with Crippen molar-refractivity contribution in [1.82, 2.24) is 4.90 Å². The normalized spacial score (nSPS) is 28.4. The highest BCUT2D eigenvalue weighted by Crippen LogP contribution is 2.37. The van der Waals surface area contributed by atoms with Crippen LogP contribution in [-0.4, -0.2) is 46.9 Å². The third-order valence-corrected chi connectivity index (χ3v) is 4.40. The summed E-state index contributed by atoms with van der Waals surface area (Å²) in [5.41, 5.74) is 5.90. The second-order valence-corrected chi connectivity index (χ2v) is 5.83. The van der Waals surface area contributed by atoms with E-state index >= 15 is 0 Å². The van der Waals surface area contributed by atoms with Gasteiger partial charge in [0.1, 0.15) is 0 Å². The van der Waals surface area contributed by atoms with Gasteiger partial charge in [0.25, 0.3) is 0 Å². The van der Waals surface area contributed by atoms with E-state index in [2.05, 4.69) is 0 Å². The Hall–Kier alpha value is -1.24. The van der Waals surface area contributed by atoms with Crippen molar-refractivity contribution in [3.8, 4) is 0 Å². The van der Waals surface area contributed by atoms with Crippen molar-refractivity contribution in [3.05, 3.63) is 0 Å². The molecule has 2 aliphatic rings. The summed E-state index contributed by atoms with van der Waals surface area (Å²) >= 11 is 0. The molecule has 1 heterocycles. The molecule has 7 heteroatoms. The number of likely N-dealkylation sites (tertiary alicyclic amines) is 1. The van der Waals surface area contributed by atoms with Gasteiger partial charge in [-0.15, -0.1) is 0 Å². The highest BCUT2D eigenvalue weighted by molar-refractivity contribution is 5.83. The van der Waals surface area contributed by atoms with Gasteiger partial charge in [0, 0.05) is 25.9 Å². The molecular weight excluding hydrogens is 270 g/mol. The molecular formula is C13H20F2N2O3. The van der Waals surface area contributed by atoms with E-state index in [4.69, 9.17) is 10.8 Å². The Bertz CT molecular complexity index is 393. The van der Waals surface area contributed by atoms with Crippen LogP contribution in [0.2, 0.25) is 0 Å². The van der Waals surface area contributed by atoms with Gasteiger partial charge in [0.2, 0.25) is 11.8 Å². The Morgan fingerprint density at radius 3 is 2.35 bits per heavy atom. The standard InChI is InChI=1S/C13H20F2N2O3/c14-13(15)4-1-8(2-5-13)10(16)11(18)17-6-3-9(7-17)12(19)20/h8-10H,1-7,16H2,(H,19,20). The SMILES string of the molecule is NC(C(=O)N1CCC(C(=O)O)C1)C1CCC(F)(F)CC1. The van der Waals surface area contributed by atoms with Crippen LogP contribution in [0.25, 0.3) is 0 Å². The Balaban J connectivity index is 1.88. The van der Waals surface area contributed by atoms with E-state index in [1.54, 1.807) is 0 Å². The number of carbonyl (C=O) groups is 2. The van der Waals surface area contributed by atoms with Crippen LogP contribution < -0.4 is 5.73 Å². The number of halogens is 2. The fraction of sp³-hybridized carbons (Fsp3) is 0.846. The number of hydrogen-bond acceptors (Lipinski definition) is 3. The van der Waals surface area contributed by atoms with Crippen LogP contribution in [0, 0.1) is 11.8 Å². The molecule has 2 fully saturated rings. The lowest BCUT2D eigenvalue weighted by Gasteiger charge is -2.32. The molecule has 3 N–H and O–H groups in total. The smallest absolute Gasteiger partial charge is 0.308 e. The van der Waals surface area contributed by atoms with Gasteiger partial charge in [-0.3, -0.25) is 9.59 Å². The maximum absolute atomic E-state index is 13.1. The number of carboxylic acid groups (broad SMARTS) is 1. The molecule has 1 amide bonds. The summed E-state index contributed by atoms with van der Waals surface area (Å²) < 4.78 is 26.2. The van der Waals surface area contributed by atoms with Gasteiger partial charge >= 0.3 is 5.97 Å². The third kappa shape index (κ3) is 3.26. The zero-order valence-electron chi connectivity index (χ0n) is 11.2. The van der Waals surface area contributed by atoms with E-state index in [0.29, 0.717) is 13.0 Å². The maximum Gasteiger partial charge on any atom is 0.308 e. The summed E-state index contributed by atoms with van der Waals surface area (Å²) in [6, 6.07) is -0.793. The van der Waals surface area contributed by atoms with Crippen molar-refractivity contribution in [2.24, 2.45) is 17.6 Å². The molecule has 0 radical (unpaired) electrons. The van der Waals surface area contributed by atoms with Crippen molar-refractivity contribution < 1.29 is 23.5 Å². The van der Waals surface area contributed by atoms with Gasteiger partial charge in [0.15, 0.2) is 0 Å². The summed E-state index contributed by atoms with van der Waals surface area (Å²) in [5, 5.41) is 8.91. The van der Waals surface area contributed by atoms with Gasteiger partial charge in [-0.25, -0.2) is 8.78 Å². The van der Waals surface area contributed by atoms with Gasteiger partial charge in [-0.1, -0.05) is 0 Å². The Morgan fingerprint density at radius 1 is 1.25 bits per heavy atom. The first-order valence-corrected chi connectivity index (χ1v) is 6.95. The van der Waals surface area contributed by atoms with Crippen LogP contribution in [0.3, 0.4) is 0 Å².